The molecule has 0 fully saturated rings. The number of fused-ring (bicyclic) bond motifs is 1. The molecule has 1 aromatic heterocycles. The van der Waals surface area contributed by atoms with Crippen molar-refractivity contribution in [1.29, 1.82) is 0 Å². The van der Waals surface area contributed by atoms with Gasteiger partial charge in [0.25, 0.3) is 0 Å². The van der Waals surface area contributed by atoms with E-state index in [1.165, 1.54) is 0 Å². The molecule has 2 aromatic carbocycles. The summed E-state index contributed by atoms with van der Waals surface area (Å²) in [5.74, 6) is -0.111. The summed E-state index contributed by atoms with van der Waals surface area (Å²) in [7, 11) is -3.34. The average molecular weight is 371 g/mol. The Hall–Kier alpha value is -2.80. The molecule has 2 N–H and O–H groups in total. The monoisotopic (exact) mass is 371 g/mol. The third-order valence-corrected chi connectivity index (χ3v) is 4.67. The Bertz CT molecular complexity index is 1040. The Kier molecular flexibility index (Phi) is 4.99. The van der Waals surface area contributed by atoms with Crippen LogP contribution < -0.4 is 10.0 Å². The van der Waals surface area contributed by atoms with Gasteiger partial charge in [-0.3, -0.25) is 9.52 Å². The van der Waals surface area contributed by atoms with Crippen molar-refractivity contribution >= 4 is 32.5 Å². The van der Waals surface area contributed by atoms with Crippen LogP contribution >= 0.6 is 0 Å². The van der Waals surface area contributed by atoms with Gasteiger partial charge in [-0.05, 0) is 42.1 Å². The van der Waals surface area contributed by atoms with Gasteiger partial charge in [0.15, 0.2) is 0 Å². The van der Waals surface area contributed by atoms with Gasteiger partial charge in [-0.2, -0.15) is 0 Å². The SMILES string of the molecule is C[C@H](NC(=O)Cn1ccc2ccccc21)c1cccc(NS(C)(=O)=O)c1. The van der Waals surface area contributed by atoms with E-state index in [9.17, 15) is 13.2 Å². The number of nitrogens with one attached hydrogen (secondary N) is 2. The van der Waals surface area contributed by atoms with Gasteiger partial charge in [-0.1, -0.05) is 30.3 Å². The van der Waals surface area contributed by atoms with E-state index in [0.29, 0.717) is 5.69 Å². The first-order valence-corrected chi connectivity index (χ1v) is 10.1. The van der Waals surface area contributed by atoms with Gasteiger partial charge in [0, 0.05) is 17.4 Å². The maximum Gasteiger partial charge on any atom is 0.240 e. The summed E-state index contributed by atoms with van der Waals surface area (Å²) >= 11 is 0. The zero-order chi connectivity index (χ0) is 18.7. The molecule has 3 aromatic rings. The first kappa shape index (κ1) is 18.0. The zero-order valence-corrected chi connectivity index (χ0v) is 15.5. The Morgan fingerprint density at radius 3 is 2.65 bits per heavy atom. The molecule has 0 aliphatic rings. The Morgan fingerprint density at radius 1 is 1.12 bits per heavy atom. The number of amides is 1. The number of hydrogen-bond donors (Lipinski definition) is 2. The molecule has 1 atom stereocenters. The van der Waals surface area contributed by atoms with Crippen LogP contribution in [0.2, 0.25) is 0 Å². The minimum absolute atomic E-state index is 0.111. The molecule has 0 radical (unpaired) electrons. The highest BCUT2D eigenvalue weighted by atomic mass is 32.2. The number of carbonyl (C=O) groups excluding carboxylic acids is 1. The molecule has 1 amide bonds. The summed E-state index contributed by atoms with van der Waals surface area (Å²) in [5, 5.41) is 4.04. The van der Waals surface area contributed by atoms with Crippen molar-refractivity contribution < 1.29 is 13.2 Å². The van der Waals surface area contributed by atoms with E-state index in [0.717, 1.165) is 22.7 Å². The topological polar surface area (TPSA) is 80.2 Å². The van der Waals surface area contributed by atoms with E-state index in [1.54, 1.807) is 18.2 Å². The molecular weight excluding hydrogens is 350 g/mol. The van der Waals surface area contributed by atoms with Gasteiger partial charge in [-0.15, -0.1) is 0 Å². The minimum atomic E-state index is -3.34. The molecule has 6 nitrogen and oxygen atoms in total. The highest BCUT2D eigenvalue weighted by Gasteiger charge is 2.12. The number of nitrogens with zero attached hydrogens (tertiary/aromatic N) is 1. The van der Waals surface area contributed by atoms with Gasteiger partial charge in [0.1, 0.15) is 6.54 Å². The van der Waals surface area contributed by atoms with Crippen molar-refractivity contribution in [2.75, 3.05) is 11.0 Å². The smallest absolute Gasteiger partial charge is 0.240 e. The third-order valence-electron chi connectivity index (χ3n) is 4.06. The van der Waals surface area contributed by atoms with Crippen LogP contribution in [0.4, 0.5) is 5.69 Å². The van der Waals surface area contributed by atoms with Crippen molar-refractivity contribution in [3.8, 4) is 0 Å². The molecular formula is C19H21N3O3S. The fourth-order valence-electron chi connectivity index (χ4n) is 2.89. The number of para-hydroxylation sites is 1. The maximum absolute atomic E-state index is 12.4. The van der Waals surface area contributed by atoms with Crippen molar-refractivity contribution in [1.82, 2.24) is 9.88 Å². The second-order valence-electron chi connectivity index (χ2n) is 6.29. The van der Waals surface area contributed by atoms with Crippen LogP contribution in [0.1, 0.15) is 18.5 Å². The lowest BCUT2D eigenvalue weighted by molar-refractivity contribution is -0.122. The molecule has 0 saturated carbocycles. The van der Waals surface area contributed by atoms with Gasteiger partial charge in [-0.25, -0.2) is 8.42 Å². The number of carbonyl (C=O) groups is 1. The molecule has 0 bridgehead atoms. The van der Waals surface area contributed by atoms with Crippen molar-refractivity contribution in [3.05, 3.63) is 66.4 Å². The molecule has 0 unspecified atom stereocenters. The third kappa shape index (κ3) is 4.43. The Labute approximate surface area is 152 Å². The predicted molar refractivity (Wildman–Crippen MR) is 103 cm³/mol. The fourth-order valence-corrected chi connectivity index (χ4v) is 3.44. The molecule has 3 rings (SSSR count). The number of rotatable bonds is 6. The molecule has 0 spiro atoms. The van der Waals surface area contributed by atoms with E-state index in [2.05, 4.69) is 10.0 Å². The van der Waals surface area contributed by atoms with E-state index >= 15 is 0 Å². The van der Waals surface area contributed by atoms with Crippen LogP contribution in [-0.2, 0) is 21.4 Å². The second-order valence-corrected chi connectivity index (χ2v) is 8.04. The minimum Gasteiger partial charge on any atom is -0.348 e. The summed E-state index contributed by atoms with van der Waals surface area (Å²) in [6.07, 6.45) is 3.00. The van der Waals surface area contributed by atoms with Gasteiger partial charge >= 0.3 is 0 Å². The Morgan fingerprint density at radius 2 is 1.88 bits per heavy atom. The molecule has 0 saturated heterocycles. The highest BCUT2D eigenvalue weighted by molar-refractivity contribution is 7.92. The number of anilines is 1. The standard InChI is InChI=1S/C19H21N3O3S/c1-14(16-7-5-8-17(12-16)21-26(2,24)25)20-19(23)13-22-11-10-15-6-3-4-9-18(15)22/h3-12,14,21H,13H2,1-2H3,(H,20,23)/t14-/m0/s1. The first-order valence-electron chi connectivity index (χ1n) is 8.23. The molecule has 7 heteroatoms. The van der Waals surface area contributed by atoms with Crippen LogP contribution in [0.3, 0.4) is 0 Å². The number of benzene rings is 2. The van der Waals surface area contributed by atoms with Crippen molar-refractivity contribution in [2.24, 2.45) is 0 Å². The van der Waals surface area contributed by atoms with E-state index in [1.807, 2.05) is 54.1 Å². The number of aromatic nitrogens is 1. The van der Waals surface area contributed by atoms with Crippen LogP contribution in [0, 0.1) is 0 Å². The van der Waals surface area contributed by atoms with Gasteiger partial charge in [0.2, 0.25) is 15.9 Å². The summed E-state index contributed by atoms with van der Waals surface area (Å²) in [4.78, 5) is 12.4. The van der Waals surface area contributed by atoms with E-state index in [4.69, 9.17) is 0 Å². The zero-order valence-electron chi connectivity index (χ0n) is 14.6. The van der Waals surface area contributed by atoms with Gasteiger partial charge in [0.05, 0.1) is 12.3 Å². The summed E-state index contributed by atoms with van der Waals surface area (Å²) < 4.78 is 27.1. The normalized spacial score (nSPS) is 12.7. The lowest BCUT2D eigenvalue weighted by atomic mass is 10.1. The number of hydrogen-bond acceptors (Lipinski definition) is 3. The summed E-state index contributed by atoms with van der Waals surface area (Å²) in [5.41, 5.74) is 2.31. The molecule has 0 aliphatic heterocycles. The van der Waals surface area contributed by atoms with Crippen LogP contribution in [-0.4, -0.2) is 25.1 Å². The quantitative estimate of drug-likeness (QED) is 0.699. The van der Waals surface area contributed by atoms with Crippen LogP contribution in [0.25, 0.3) is 10.9 Å². The second kappa shape index (κ2) is 7.21. The maximum atomic E-state index is 12.4. The lowest BCUT2D eigenvalue weighted by Gasteiger charge is -2.16. The van der Waals surface area contributed by atoms with Crippen LogP contribution in [0.5, 0.6) is 0 Å². The average Bonchev–Trinajstić information content (AvgIpc) is 2.96. The molecule has 26 heavy (non-hydrogen) atoms. The van der Waals surface area contributed by atoms with E-state index in [-0.39, 0.29) is 18.5 Å². The van der Waals surface area contributed by atoms with Gasteiger partial charge < -0.3 is 9.88 Å². The molecule has 1 heterocycles. The van der Waals surface area contributed by atoms with Crippen molar-refractivity contribution in [2.45, 2.75) is 19.5 Å². The van der Waals surface area contributed by atoms with Crippen molar-refractivity contribution in [3.63, 3.8) is 0 Å². The summed E-state index contributed by atoms with van der Waals surface area (Å²) in [6, 6.07) is 16.6. The molecule has 0 aliphatic carbocycles. The predicted octanol–water partition coefficient (Wildman–Crippen LogP) is 2.89. The van der Waals surface area contributed by atoms with E-state index < -0.39 is 10.0 Å². The first-order chi connectivity index (χ1) is 12.3. The summed E-state index contributed by atoms with van der Waals surface area (Å²) in [6.45, 7) is 2.09. The number of sulfonamides is 1. The highest BCUT2D eigenvalue weighted by Crippen LogP contribution is 2.19. The largest absolute Gasteiger partial charge is 0.348 e. The molecule has 136 valence electrons. The fraction of sp³-hybridized carbons (Fsp3) is 0.211. The Balaban J connectivity index is 1.68. The lowest BCUT2D eigenvalue weighted by Crippen LogP contribution is -2.30. The van der Waals surface area contributed by atoms with Crippen LogP contribution in [0.15, 0.2) is 60.8 Å².